The van der Waals surface area contributed by atoms with E-state index in [-0.39, 0.29) is 17.5 Å². The molecule has 0 unspecified atom stereocenters. The number of nitrogens with one attached hydrogen (secondary N) is 1. The van der Waals surface area contributed by atoms with Gasteiger partial charge in [0.2, 0.25) is 0 Å². The Morgan fingerprint density at radius 3 is 2.88 bits per heavy atom. The van der Waals surface area contributed by atoms with Crippen molar-refractivity contribution in [2.24, 2.45) is 11.7 Å². The van der Waals surface area contributed by atoms with Crippen LogP contribution < -0.4 is 11.3 Å². The lowest BCUT2D eigenvalue weighted by Crippen LogP contribution is -2.23. The third kappa shape index (κ3) is 1.81. The second-order valence-corrected chi connectivity index (χ2v) is 4.11. The van der Waals surface area contributed by atoms with Gasteiger partial charge >= 0.3 is 0 Å². The molecule has 3 N–H and O–H groups in total. The van der Waals surface area contributed by atoms with Crippen LogP contribution in [0.5, 0.6) is 0 Å². The van der Waals surface area contributed by atoms with Crippen molar-refractivity contribution in [3.63, 3.8) is 0 Å². The van der Waals surface area contributed by atoms with E-state index >= 15 is 0 Å². The molecule has 0 bridgehead atoms. The number of H-pyrrole nitrogens is 1. The second-order valence-electron chi connectivity index (χ2n) is 4.11. The topological polar surface area (TPSA) is 84.7 Å². The zero-order valence-corrected chi connectivity index (χ0v) is 9.27. The number of nitrogens with zero attached hydrogens (tertiary/aromatic N) is 2. The molecule has 0 fully saturated rings. The summed E-state index contributed by atoms with van der Waals surface area (Å²) in [5.74, 6) is 0.734. The van der Waals surface area contributed by atoms with Gasteiger partial charge in [0.15, 0.2) is 0 Å². The van der Waals surface area contributed by atoms with Gasteiger partial charge in [-0.1, -0.05) is 13.8 Å². The molecular formula is C11H14N4O. The molecule has 0 saturated heterocycles. The van der Waals surface area contributed by atoms with E-state index in [2.05, 4.69) is 15.0 Å². The zero-order valence-electron chi connectivity index (χ0n) is 9.27. The van der Waals surface area contributed by atoms with Crippen LogP contribution in [0, 0.1) is 5.92 Å². The smallest absolute Gasteiger partial charge is 0.258 e. The molecule has 2 rings (SSSR count). The predicted octanol–water partition coefficient (Wildman–Crippen LogP) is 0.974. The minimum atomic E-state index is -0.266. The Labute approximate surface area is 92.7 Å². The summed E-state index contributed by atoms with van der Waals surface area (Å²) in [6.45, 7) is 3.97. The highest BCUT2D eigenvalue weighted by Gasteiger charge is 2.14. The Bertz CT molecular complexity index is 561. The molecule has 0 radical (unpaired) electrons. The number of aromatic nitrogens is 3. The third-order valence-electron chi connectivity index (χ3n) is 2.56. The summed E-state index contributed by atoms with van der Waals surface area (Å²) < 4.78 is 0. The SMILES string of the molecule is CC(C)[C@H](N)c1nc2cnccc2c(=O)[nH]1. The van der Waals surface area contributed by atoms with Crippen LogP contribution >= 0.6 is 0 Å². The van der Waals surface area contributed by atoms with Gasteiger partial charge in [0.25, 0.3) is 5.56 Å². The van der Waals surface area contributed by atoms with Gasteiger partial charge in [0.1, 0.15) is 5.82 Å². The molecule has 84 valence electrons. The summed E-state index contributed by atoms with van der Waals surface area (Å²) in [5.41, 5.74) is 6.36. The number of nitrogens with two attached hydrogens (primary N) is 1. The van der Waals surface area contributed by atoms with Crippen LogP contribution in [-0.2, 0) is 0 Å². The normalized spacial score (nSPS) is 13.2. The lowest BCUT2D eigenvalue weighted by molar-refractivity contribution is 0.490. The summed E-state index contributed by atoms with van der Waals surface area (Å²) in [5, 5.41) is 0.537. The first kappa shape index (κ1) is 10.8. The molecule has 0 saturated carbocycles. The van der Waals surface area contributed by atoms with E-state index in [1.165, 1.54) is 0 Å². The number of aromatic amines is 1. The van der Waals surface area contributed by atoms with Crippen LogP contribution in [0.1, 0.15) is 25.7 Å². The number of rotatable bonds is 2. The van der Waals surface area contributed by atoms with Crippen LogP contribution in [-0.4, -0.2) is 15.0 Å². The fraction of sp³-hybridized carbons (Fsp3) is 0.364. The van der Waals surface area contributed by atoms with Gasteiger partial charge in [0, 0.05) is 6.20 Å². The van der Waals surface area contributed by atoms with Crippen molar-refractivity contribution in [3.05, 3.63) is 34.6 Å². The van der Waals surface area contributed by atoms with Gasteiger partial charge in [-0.2, -0.15) is 0 Å². The third-order valence-corrected chi connectivity index (χ3v) is 2.56. The van der Waals surface area contributed by atoms with Crippen molar-refractivity contribution in [1.29, 1.82) is 0 Å². The highest BCUT2D eigenvalue weighted by atomic mass is 16.1. The first-order valence-corrected chi connectivity index (χ1v) is 5.19. The van der Waals surface area contributed by atoms with Gasteiger partial charge in [-0.25, -0.2) is 4.98 Å². The predicted molar refractivity (Wildman–Crippen MR) is 61.9 cm³/mol. The average Bonchev–Trinajstić information content (AvgIpc) is 2.28. The summed E-state index contributed by atoms with van der Waals surface area (Å²) in [6, 6.07) is 1.38. The largest absolute Gasteiger partial charge is 0.321 e. The zero-order chi connectivity index (χ0) is 11.7. The van der Waals surface area contributed by atoms with Crippen LogP contribution in [0.3, 0.4) is 0 Å². The monoisotopic (exact) mass is 218 g/mol. The highest BCUT2D eigenvalue weighted by Crippen LogP contribution is 2.15. The van der Waals surface area contributed by atoms with Gasteiger partial charge in [0.05, 0.1) is 23.1 Å². The van der Waals surface area contributed by atoms with Crippen molar-refractivity contribution in [3.8, 4) is 0 Å². The minimum Gasteiger partial charge on any atom is -0.321 e. The van der Waals surface area contributed by atoms with Gasteiger partial charge in [-0.15, -0.1) is 0 Å². The lowest BCUT2D eigenvalue weighted by atomic mass is 10.0. The molecule has 0 aliphatic rings. The summed E-state index contributed by atoms with van der Waals surface area (Å²) in [6.07, 6.45) is 3.14. The average molecular weight is 218 g/mol. The molecule has 0 spiro atoms. The maximum atomic E-state index is 11.7. The number of fused-ring (bicyclic) bond motifs is 1. The van der Waals surface area contributed by atoms with E-state index in [1.807, 2.05) is 13.8 Å². The highest BCUT2D eigenvalue weighted by molar-refractivity contribution is 5.75. The van der Waals surface area contributed by atoms with Crippen molar-refractivity contribution in [1.82, 2.24) is 15.0 Å². The molecule has 2 aromatic heterocycles. The minimum absolute atomic E-state index is 0.168. The Balaban J connectivity index is 2.63. The maximum absolute atomic E-state index is 11.7. The molecule has 16 heavy (non-hydrogen) atoms. The van der Waals surface area contributed by atoms with E-state index in [0.29, 0.717) is 16.7 Å². The number of pyridine rings is 1. The number of hydrogen-bond acceptors (Lipinski definition) is 4. The maximum Gasteiger partial charge on any atom is 0.258 e. The van der Waals surface area contributed by atoms with Crippen LogP contribution in [0.15, 0.2) is 23.3 Å². The van der Waals surface area contributed by atoms with Gasteiger partial charge < -0.3 is 10.7 Å². The van der Waals surface area contributed by atoms with E-state index < -0.39 is 0 Å². The molecule has 0 aliphatic heterocycles. The first-order chi connectivity index (χ1) is 7.59. The first-order valence-electron chi connectivity index (χ1n) is 5.19. The van der Waals surface area contributed by atoms with Crippen molar-refractivity contribution < 1.29 is 0 Å². The summed E-state index contributed by atoms with van der Waals surface area (Å²) >= 11 is 0. The van der Waals surface area contributed by atoms with E-state index in [9.17, 15) is 4.79 Å². The molecule has 5 heteroatoms. The Hall–Kier alpha value is -1.75. The quantitative estimate of drug-likeness (QED) is 0.786. The fourth-order valence-corrected chi connectivity index (χ4v) is 1.48. The molecule has 2 heterocycles. The van der Waals surface area contributed by atoms with Crippen molar-refractivity contribution >= 4 is 10.9 Å². The van der Waals surface area contributed by atoms with E-state index in [1.54, 1.807) is 18.5 Å². The van der Waals surface area contributed by atoms with Gasteiger partial charge in [-0.05, 0) is 12.0 Å². The van der Waals surface area contributed by atoms with Crippen LogP contribution in [0.4, 0.5) is 0 Å². The standard InChI is InChI=1S/C11H14N4O/c1-6(2)9(12)10-14-8-5-13-4-3-7(8)11(16)15-10/h3-6,9H,12H2,1-2H3,(H,14,15,16)/t9-/m0/s1. The van der Waals surface area contributed by atoms with E-state index in [0.717, 1.165) is 0 Å². The van der Waals surface area contributed by atoms with Gasteiger partial charge in [-0.3, -0.25) is 9.78 Å². The molecule has 2 aromatic rings. The van der Waals surface area contributed by atoms with Crippen molar-refractivity contribution in [2.45, 2.75) is 19.9 Å². The summed E-state index contributed by atoms with van der Waals surface area (Å²) in [4.78, 5) is 22.7. The van der Waals surface area contributed by atoms with Crippen molar-refractivity contribution in [2.75, 3.05) is 0 Å². The molecular weight excluding hydrogens is 204 g/mol. The molecule has 0 aromatic carbocycles. The molecule has 0 amide bonds. The fourth-order valence-electron chi connectivity index (χ4n) is 1.48. The Morgan fingerprint density at radius 2 is 2.19 bits per heavy atom. The van der Waals surface area contributed by atoms with E-state index in [4.69, 9.17) is 5.73 Å². The number of hydrogen-bond donors (Lipinski definition) is 2. The summed E-state index contributed by atoms with van der Waals surface area (Å²) in [7, 11) is 0. The second kappa shape index (κ2) is 4.02. The Morgan fingerprint density at radius 1 is 1.44 bits per heavy atom. The molecule has 5 nitrogen and oxygen atoms in total. The molecule has 1 atom stereocenters. The lowest BCUT2D eigenvalue weighted by Gasteiger charge is -2.14. The van der Waals surface area contributed by atoms with Crippen LogP contribution in [0.2, 0.25) is 0 Å². The molecule has 0 aliphatic carbocycles. The van der Waals surface area contributed by atoms with Crippen LogP contribution in [0.25, 0.3) is 10.9 Å². The Kier molecular flexibility index (Phi) is 2.70.